The first kappa shape index (κ1) is 10.0. The topological polar surface area (TPSA) is 49.1 Å². The minimum Gasteiger partial charge on any atom is -0.615 e. The molecule has 1 aliphatic rings. The Labute approximate surface area is 87.7 Å². The molecule has 2 rings (SSSR count). The van der Waals surface area contributed by atoms with Gasteiger partial charge in [0, 0.05) is 5.56 Å². The summed E-state index contributed by atoms with van der Waals surface area (Å²) in [6.45, 7) is 0. The van der Waals surface area contributed by atoms with Crippen LogP contribution in [0, 0.1) is 6.07 Å². The molecule has 1 fully saturated rings. The van der Waals surface area contributed by atoms with E-state index in [9.17, 15) is 4.55 Å². The minimum atomic E-state index is -1.01. The Kier molecular flexibility index (Phi) is 2.81. The van der Waals surface area contributed by atoms with Crippen molar-refractivity contribution in [2.24, 2.45) is 5.73 Å². The highest BCUT2D eigenvalue weighted by molar-refractivity contribution is 7.90. The van der Waals surface area contributed by atoms with Crippen LogP contribution >= 0.6 is 0 Å². The van der Waals surface area contributed by atoms with Crippen LogP contribution in [0.5, 0.6) is 0 Å². The summed E-state index contributed by atoms with van der Waals surface area (Å²) in [7, 11) is 0. The maximum absolute atomic E-state index is 11.3. The zero-order chi connectivity index (χ0) is 10.1. The second kappa shape index (κ2) is 3.93. The Morgan fingerprint density at radius 2 is 2.36 bits per heavy atom. The van der Waals surface area contributed by atoms with Gasteiger partial charge in [0.1, 0.15) is 0 Å². The van der Waals surface area contributed by atoms with Gasteiger partial charge in [0.15, 0.2) is 5.37 Å². The fraction of sp³-hybridized carbons (Fsp3) is 0.455. The van der Waals surface area contributed by atoms with E-state index in [1.54, 1.807) is 6.26 Å². The van der Waals surface area contributed by atoms with Crippen LogP contribution in [0.3, 0.4) is 0 Å². The van der Waals surface area contributed by atoms with Gasteiger partial charge in [-0.25, -0.2) is 0 Å². The van der Waals surface area contributed by atoms with E-state index in [2.05, 4.69) is 12.1 Å². The third-order valence-electron chi connectivity index (χ3n) is 2.58. The molecule has 0 spiro atoms. The van der Waals surface area contributed by atoms with Crippen LogP contribution in [0.15, 0.2) is 18.2 Å². The average Bonchev–Trinajstić information content (AvgIpc) is 3.00. The van der Waals surface area contributed by atoms with Crippen LogP contribution in [-0.4, -0.2) is 10.8 Å². The van der Waals surface area contributed by atoms with Crippen molar-refractivity contribution >= 4 is 11.2 Å². The maximum Gasteiger partial charge on any atom is 0.191 e. The lowest BCUT2D eigenvalue weighted by molar-refractivity contribution is 0.588. The van der Waals surface area contributed by atoms with E-state index in [4.69, 9.17) is 5.73 Å². The first-order chi connectivity index (χ1) is 6.70. The van der Waals surface area contributed by atoms with Gasteiger partial charge in [0.2, 0.25) is 0 Å². The normalized spacial score (nSPS) is 20.5. The maximum atomic E-state index is 11.3. The van der Waals surface area contributed by atoms with Crippen LogP contribution < -0.4 is 5.73 Å². The zero-order valence-corrected chi connectivity index (χ0v) is 9.01. The molecule has 1 radical (unpaired) electrons. The third kappa shape index (κ3) is 1.95. The summed E-state index contributed by atoms with van der Waals surface area (Å²) in [6, 6.07) is 9.02. The van der Waals surface area contributed by atoms with Crippen LogP contribution in [0.2, 0.25) is 0 Å². The Morgan fingerprint density at radius 3 is 2.93 bits per heavy atom. The van der Waals surface area contributed by atoms with Gasteiger partial charge >= 0.3 is 0 Å². The molecule has 0 aromatic heterocycles. The lowest BCUT2D eigenvalue weighted by atomic mass is 10.0. The summed E-state index contributed by atoms with van der Waals surface area (Å²) in [4.78, 5) is 0. The van der Waals surface area contributed by atoms with Crippen molar-refractivity contribution in [3.8, 4) is 0 Å². The Morgan fingerprint density at radius 1 is 1.64 bits per heavy atom. The van der Waals surface area contributed by atoms with Crippen molar-refractivity contribution < 1.29 is 4.55 Å². The second-order valence-corrected chi connectivity index (χ2v) is 5.24. The summed E-state index contributed by atoms with van der Waals surface area (Å²) < 4.78 is 11.3. The number of hydrogen-bond acceptors (Lipinski definition) is 2. The summed E-state index contributed by atoms with van der Waals surface area (Å²) in [5, 5.41) is -0.383. The molecule has 2 nitrogen and oxygen atoms in total. The first-order valence-electron chi connectivity index (χ1n) is 4.78. The molecular weight excluding hydrogens is 194 g/mol. The van der Waals surface area contributed by atoms with Crippen LogP contribution in [0.25, 0.3) is 0 Å². The predicted molar refractivity (Wildman–Crippen MR) is 58.2 cm³/mol. The molecule has 0 saturated heterocycles. The van der Waals surface area contributed by atoms with Crippen molar-refractivity contribution in [1.82, 2.24) is 0 Å². The fourth-order valence-electron chi connectivity index (χ4n) is 1.63. The van der Waals surface area contributed by atoms with Gasteiger partial charge in [0.05, 0.1) is 6.26 Å². The highest BCUT2D eigenvalue weighted by atomic mass is 32.2. The van der Waals surface area contributed by atoms with Crippen LogP contribution in [0.4, 0.5) is 0 Å². The average molecular weight is 208 g/mol. The molecule has 1 aliphatic carbocycles. The highest BCUT2D eigenvalue weighted by Gasteiger charge is 2.29. The van der Waals surface area contributed by atoms with Crippen molar-refractivity contribution in [3.05, 3.63) is 35.4 Å². The van der Waals surface area contributed by atoms with E-state index < -0.39 is 11.2 Å². The molecule has 2 atom stereocenters. The standard InChI is InChI=1S/C11H14NOS/c1-14(13)11(12)10-5-3-2-4-9(10)8-6-7-8/h2-4,8,11H,6-7,12H2,1H3. The third-order valence-corrected chi connectivity index (χ3v) is 3.53. The van der Waals surface area contributed by atoms with E-state index in [-0.39, 0.29) is 5.37 Å². The number of benzene rings is 1. The molecule has 0 amide bonds. The van der Waals surface area contributed by atoms with Gasteiger partial charge in [-0.2, -0.15) is 0 Å². The van der Waals surface area contributed by atoms with E-state index >= 15 is 0 Å². The summed E-state index contributed by atoms with van der Waals surface area (Å²) in [5.74, 6) is 0.636. The molecule has 2 unspecified atom stereocenters. The Balaban J connectivity index is 2.30. The lowest BCUT2D eigenvalue weighted by Gasteiger charge is -2.16. The largest absolute Gasteiger partial charge is 0.615 e. The van der Waals surface area contributed by atoms with Crippen molar-refractivity contribution in [3.63, 3.8) is 0 Å². The number of nitrogens with two attached hydrogens (primary N) is 1. The van der Waals surface area contributed by atoms with Crippen LogP contribution in [0.1, 0.15) is 35.3 Å². The van der Waals surface area contributed by atoms with Gasteiger partial charge in [-0.3, -0.25) is 5.73 Å². The molecule has 1 saturated carbocycles. The predicted octanol–water partition coefficient (Wildman–Crippen LogP) is 1.70. The van der Waals surface area contributed by atoms with Crippen molar-refractivity contribution in [2.45, 2.75) is 24.1 Å². The van der Waals surface area contributed by atoms with Gasteiger partial charge in [-0.05, 0) is 41.6 Å². The van der Waals surface area contributed by atoms with E-state index in [0.29, 0.717) is 5.92 Å². The summed E-state index contributed by atoms with van der Waals surface area (Å²) >= 11 is -1.01. The van der Waals surface area contributed by atoms with Crippen molar-refractivity contribution in [2.75, 3.05) is 6.26 Å². The summed E-state index contributed by atoms with van der Waals surface area (Å²) in [5.41, 5.74) is 8.06. The number of hydrogen-bond donors (Lipinski definition) is 1. The second-order valence-electron chi connectivity index (χ2n) is 3.73. The molecule has 0 heterocycles. The molecule has 0 aliphatic heterocycles. The Bertz CT molecular complexity index is 323. The molecule has 75 valence electrons. The SMILES string of the molecule is C[S+]([O-])C(N)c1[c]cccc1C1CC1. The zero-order valence-electron chi connectivity index (χ0n) is 8.19. The van der Waals surface area contributed by atoms with Gasteiger partial charge in [0.25, 0.3) is 0 Å². The van der Waals surface area contributed by atoms with Gasteiger partial charge in [-0.15, -0.1) is 0 Å². The molecule has 3 heteroatoms. The Hall–Kier alpha value is -0.510. The molecule has 0 bridgehead atoms. The molecule has 2 N–H and O–H groups in total. The van der Waals surface area contributed by atoms with Gasteiger partial charge < -0.3 is 4.55 Å². The molecular formula is C11H14NOS. The van der Waals surface area contributed by atoms with Crippen molar-refractivity contribution in [1.29, 1.82) is 0 Å². The smallest absolute Gasteiger partial charge is 0.191 e. The summed E-state index contributed by atoms with van der Waals surface area (Å²) in [6.07, 6.45) is 4.10. The quantitative estimate of drug-likeness (QED) is 0.769. The van der Waals surface area contributed by atoms with E-state index in [1.165, 1.54) is 18.4 Å². The molecule has 1 aromatic rings. The monoisotopic (exact) mass is 208 g/mol. The molecule has 1 aromatic carbocycles. The first-order valence-corrected chi connectivity index (χ1v) is 6.40. The minimum absolute atomic E-state index is 0.383. The van der Waals surface area contributed by atoms with Gasteiger partial charge in [-0.1, -0.05) is 18.2 Å². The highest BCUT2D eigenvalue weighted by Crippen LogP contribution is 2.42. The fourth-order valence-corrected chi connectivity index (χ4v) is 2.16. The van der Waals surface area contributed by atoms with Crippen LogP contribution in [-0.2, 0) is 11.2 Å². The van der Waals surface area contributed by atoms with E-state index in [0.717, 1.165) is 5.56 Å². The van der Waals surface area contributed by atoms with E-state index in [1.807, 2.05) is 12.1 Å². The lowest BCUT2D eigenvalue weighted by Crippen LogP contribution is -2.21. The molecule has 14 heavy (non-hydrogen) atoms. The number of rotatable bonds is 3.